The zero-order valence-electron chi connectivity index (χ0n) is 10.2. The van der Waals surface area contributed by atoms with Gasteiger partial charge in [-0.15, -0.1) is 11.3 Å². The lowest BCUT2D eigenvalue weighted by molar-refractivity contribution is 0.154. The van der Waals surface area contributed by atoms with Crippen molar-refractivity contribution in [1.29, 1.82) is 0 Å². The highest BCUT2D eigenvalue weighted by atomic mass is 32.1. The molecule has 0 aromatic carbocycles. The maximum absolute atomic E-state index is 5.34. The van der Waals surface area contributed by atoms with E-state index in [4.69, 9.17) is 4.52 Å². The first-order chi connectivity index (χ1) is 8.84. The summed E-state index contributed by atoms with van der Waals surface area (Å²) in [6.45, 7) is 6.14. The smallest absolute Gasteiger partial charge is 0.244 e. The van der Waals surface area contributed by atoms with Crippen molar-refractivity contribution < 1.29 is 4.52 Å². The molecule has 3 heterocycles. The van der Waals surface area contributed by atoms with Crippen LogP contribution in [0.25, 0.3) is 11.5 Å². The van der Waals surface area contributed by atoms with E-state index >= 15 is 0 Å². The first-order valence-corrected chi connectivity index (χ1v) is 6.96. The van der Waals surface area contributed by atoms with Crippen LogP contribution in [0.4, 0.5) is 0 Å². The van der Waals surface area contributed by atoms with Gasteiger partial charge in [-0.2, -0.15) is 4.98 Å². The van der Waals surface area contributed by atoms with Crippen LogP contribution in [0.1, 0.15) is 18.9 Å². The van der Waals surface area contributed by atoms with Crippen LogP contribution in [0.5, 0.6) is 0 Å². The van der Waals surface area contributed by atoms with E-state index in [1.165, 1.54) is 11.3 Å². The van der Waals surface area contributed by atoms with E-state index in [1.54, 1.807) is 5.51 Å². The van der Waals surface area contributed by atoms with Crippen LogP contribution >= 0.6 is 11.3 Å². The molecule has 0 spiro atoms. The molecule has 0 saturated carbocycles. The van der Waals surface area contributed by atoms with Gasteiger partial charge in [-0.3, -0.25) is 4.90 Å². The largest absolute Gasteiger partial charge is 0.337 e. The van der Waals surface area contributed by atoms with Gasteiger partial charge in [-0.1, -0.05) is 5.16 Å². The van der Waals surface area contributed by atoms with E-state index in [1.807, 2.05) is 5.38 Å². The predicted octanol–water partition coefficient (Wildman–Crippen LogP) is 1.16. The molecule has 18 heavy (non-hydrogen) atoms. The molecule has 1 atom stereocenters. The van der Waals surface area contributed by atoms with E-state index in [9.17, 15) is 0 Å². The summed E-state index contributed by atoms with van der Waals surface area (Å²) < 4.78 is 5.34. The quantitative estimate of drug-likeness (QED) is 0.898. The van der Waals surface area contributed by atoms with Crippen LogP contribution in [-0.4, -0.2) is 46.2 Å². The number of thiazole rings is 1. The van der Waals surface area contributed by atoms with Crippen LogP contribution in [0.2, 0.25) is 0 Å². The second kappa shape index (κ2) is 5.13. The predicted molar refractivity (Wildman–Crippen MR) is 68.3 cm³/mol. The Kier molecular flexibility index (Phi) is 3.35. The minimum absolute atomic E-state index is 0.159. The average molecular weight is 265 g/mol. The van der Waals surface area contributed by atoms with Crippen LogP contribution in [-0.2, 0) is 0 Å². The lowest BCUT2D eigenvalue weighted by Crippen LogP contribution is -2.44. The minimum Gasteiger partial charge on any atom is -0.337 e. The van der Waals surface area contributed by atoms with Crippen molar-refractivity contribution in [2.45, 2.75) is 13.0 Å². The zero-order valence-corrected chi connectivity index (χ0v) is 11.0. The molecule has 1 saturated heterocycles. The molecule has 0 radical (unpaired) electrons. The summed E-state index contributed by atoms with van der Waals surface area (Å²) >= 11 is 1.53. The average Bonchev–Trinajstić information content (AvgIpc) is 3.09. The van der Waals surface area contributed by atoms with Gasteiger partial charge >= 0.3 is 0 Å². The molecule has 0 bridgehead atoms. The minimum atomic E-state index is 0.159. The van der Waals surface area contributed by atoms with Crippen LogP contribution in [0.15, 0.2) is 15.4 Å². The molecule has 7 heteroatoms. The molecule has 1 aliphatic rings. The summed E-state index contributed by atoms with van der Waals surface area (Å²) in [5.41, 5.74) is 2.55. The Morgan fingerprint density at radius 2 is 2.28 bits per heavy atom. The number of hydrogen-bond donors (Lipinski definition) is 1. The lowest BCUT2D eigenvalue weighted by Gasteiger charge is -2.30. The van der Waals surface area contributed by atoms with Crippen molar-refractivity contribution >= 4 is 11.3 Å². The van der Waals surface area contributed by atoms with Crippen molar-refractivity contribution in [2.75, 3.05) is 26.2 Å². The Balaban J connectivity index is 1.76. The molecule has 6 nitrogen and oxygen atoms in total. The monoisotopic (exact) mass is 265 g/mol. The van der Waals surface area contributed by atoms with Gasteiger partial charge in [0.25, 0.3) is 0 Å². The Morgan fingerprint density at radius 1 is 1.44 bits per heavy atom. The summed E-state index contributed by atoms with van der Waals surface area (Å²) in [6.07, 6.45) is 0. The van der Waals surface area contributed by atoms with Crippen molar-refractivity contribution in [3.63, 3.8) is 0 Å². The van der Waals surface area contributed by atoms with E-state index in [0.29, 0.717) is 11.7 Å². The maximum atomic E-state index is 5.34. The third-order valence-electron chi connectivity index (χ3n) is 3.16. The molecular weight excluding hydrogens is 250 g/mol. The first-order valence-electron chi connectivity index (χ1n) is 6.01. The molecule has 1 fully saturated rings. The molecule has 1 aliphatic heterocycles. The topological polar surface area (TPSA) is 67.1 Å². The summed E-state index contributed by atoms with van der Waals surface area (Å²) in [4.78, 5) is 11.0. The highest BCUT2D eigenvalue weighted by molar-refractivity contribution is 7.07. The maximum Gasteiger partial charge on any atom is 0.244 e. The fourth-order valence-electron chi connectivity index (χ4n) is 2.06. The van der Waals surface area contributed by atoms with E-state index < -0.39 is 0 Å². The van der Waals surface area contributed by atoms with Crippen LogP contribution in [0, 0.1) is 0 Å². The summed E-state index contributed by atoms with van der Waals surface area (Å²) in [6, 6.07) is 0.159. The third-order valence-corrected chi connectivity index (χ3v) is 3.75. The number of piperazine rings is 1. The highest BCUT2D eigenvalue weighted by Crippen LogP contribution is 2.22. The van der Waals surface area contributed by atoms with Gasteiger partial charge in [0.05, 0.1) is 11.6 Å². The van der Waals surface area contributed by atoms with Crippen molar-refractivity contribution in [1.82, 2.24) is 25.3 Å². The second-order valence-corrected chi connectivity index (χ2v) is 5.01. The number of hydrogen-bond acceptors (Lipinski definition) is 7. The number of nitrogens with zero attached hydrogens (tertiary/aromatic N) is 4. The van der Waals surface area contributed by atoms with E-state index in [-0.39, 0.29) is 6.04 Å². The molecule has 2 aromatic heterocycles. The van der Waals surface area contributed by atoms with Crippen LogP contribution < -0.4 is 5.32 Å². The molecule has 3 rings (SSSR count). The number of nitrogens with one attached hydrogen (secondary N) is 1. The van der Waals surface area contributed by atoms with Crippen molar-refractivity contribution in [3.05, 3.63) is 16.8 Å². The van der Waals surface area contributed by atoms with Gasteiger partial charge in [0.1, 0.15) is 5.69 Å². The van der Waals surface area contributed by atoms with E-state index in [2.05, 4.69) is 32.3 Å². The van der Waals surface area contributed by atoms with Gasteiger partial charge in [0.15, 0.2) is 0 Å². The molecule has 1 unspecified atom stereocenters. The molecule has 0 amide bonds. The second-order valence-electron chi connectivity index (χ2n) is 4.29. The third kappa shape index (κ3) is 2.29. The summed E-state index contributed by atoms with van der Waals surface area (Å²) in [5, 5.41) is 9.24. The number of rotatable bonds is 3. The van der Waals surface area contributed by atoms with Gasteiger partial charge in [-0.25, -0.2) is 4.98 Å². The Morgan fingerprint density at radius 3 is 3.00 bits per heavy atom. The molecule has 1 N–H and O–H groups in total. The first kappa shape index (κ1) is 11.8. The van der Waals surface area contributed by atoms with Gasteiger partial charge in [0, 0.05) is 31.6 Å². The Bertz CT molecular complexity index is 491. The highest BCUT2D eigenvalue weighted by Gasteiger charge is 2.23. The summed E-state index contributed by atoms with van der Waals surface area (Å²) in [5.74, 6) is 1.24. The fourth-order valence-corrected chi connectivity index (χ4v) is 2.59. The SMILES string of the molecule is CC(c1nc(-c2cscn2)no1)N1CCNCC1. The zero-order chi connectivity index (χ0) is 12.4. The normalized spacial score (nSPS) is 18.9. The molecule has 96 valence electrons. The molecule has 0 aliphatic carbocycles. The standard InChI is InChI=1S/C11H15N5OS/c1-8(16-4-2-12-3-5-16)11-14-10(15-17-11)9-6-18-7-13-9/h6-8,12H,2-5H2,1H3. The van der Waals surface area contributed by atoms with Gasteiger partial charge in [0.2, 0.25) is 11.7 Å². The summed E-state index contributed by atoms with van der Waals surface area (Å²) in [7, 11) is 0. The fraction of sp³-hybridized carbons (Fsp3) is 0.545. The lowest BCUT2D eigenvalue weighted by atomic mass is 10.2. The van der Waals surface area contributed by atoms with Crippen molar-refractivity contribution in [3.8, 4) is 11.5 Å². The van der Waals surface area contributed by atoms with Gasteiger partial charge < -0.3 is 9.84 Å². The van der Waals surface area contributed by atoms with Gasteiger partial charge in [-0.05, 0) is 6.92 Å². The number of aromatic nitrogens is 3. The molecular formula is C11H15N5OS. The Labute approximate surface area is 109 Å². The Hall–Kier alpha value is -1.31. The van der Waals surface area contributed by atoms with Crippen molar-refractivity contribution in [2.24, 2.45) is 0 Å². The van der Waals surface area contributed by atoms with E-state index in [0.717, 1.165) is 31.9 Å². The molecule has 2 aromatic rings. The van der Waals surface area contributed by atoms with Crippen LogP contribution in [0.3, 0.4) is 0 Å².